The molecule has 3 N–H and O–H groups in total. The zero-order chi connectivity index (χ0) is 23.8. The van der Waals surface area contributed by atoms with Gasteiger partial charge in [-0.25, -0.2) is 8.96 Å². The van der Waals surface area contributed by atoms with E-state index in [1.807, 2.05) is 19.2 Å². The highest BCUT2D eigenvalue weighted by Gasteiger charge is 2.25. The zero-order valence-corrected chi connectivity index (χ0v) is 18.9. The molecule has 1 aliphatic rings. The molecule has 2 aromatic carbocycles. The molecular formula is C24H24FN7O2. The van der Waals surface area contributed by atoms with Gasteiger partial charge in [0.25, 0.3) is 5.91 Å². The van der Waals surface area contributed by atoms with Gasteiger partial charge in [0.05, 0.1) is 18.2 Å². The Labute approximate surface area is 195 Å². The summed E-state index contributed by atoms with van der Waals surface area (Å²) in [5.74, 6) is 0.930. The highest BCUT2D eigenvalue weighted by Crippen LogP contribution is 2.33. The summed E-state index contributed by atoms with van der Waals surface area (Å²) in [5.41, 5.74) is 8.65. The van der Waals surface area contributed by atoms with Gasteiger partial charge in [0.2, 0.25) is 5.95 Å². The summed E-state index contributed by atoms with van der Waals surface area (Å²) in [4.78, 5) is 28.2. The molecule has 0 saturated carbocycles. The van der Waals surface area contributed by atoms with Crippen LogP contribution in [-0.4, -0.2) is 46.1 Å². The number of nitrogens with zero attached hydrogens (tertiary/aromatic N) is 5. The number of imidazole rings is 1. The number of hydrogen-bond acceptors (Lipinski definition) is 7. The Morgan fingerprint density at radius 3 is 2.79 bits per heavy atom. The molecule has 0 radical (unpaired) electrons. The molecule has 1 aliphatic heterocycles. The Kier molecular flexibility index (Phi) is 5.48. The first-order valence-electron chi connectivity index (χ1n) is 10.9. The van der Waals surface area contributed by atoms with E-state index in [9.17, 15) is 9.18 Å². The third-order valence-electron chi connectivity index (χ3n) is 5.91. The van der Waals surface area contributed by atoms with Gasteiger partial charge >= 0.3 is 6.01 Å². The van der Waals surface area contributed by atoms with Crippen molar-refractivity contribution in [3.05, 3.63) is 65.0 Å². The first-order chi connectivity index (χ1) is 16.5. The highest BCUT2D eigenvalue weighted by molar-refractivity contribution is 6.04. The summed E-state index contributed by atoms with van der Waals surface area (Å²) in [6, 6.07) is 11.8. The number of aromatic nitrogens is 4. The van der Waals surface area contributed by atoms with Crippen molar-refractivity contribution >= 4 is 28.6 Å². The lowest BCUT2D eigenvalue weighted by Crippen LogP contribution is -2.28. The van der Waals surface area contributed by atoms with Crippen molar-refractivity contribution in [2.24, 2.45) is 5.73 Å². The fraction of sp³-hybridized carbons (Fsp3) is 0.250. The quantitative estimate of drug-likeness (QED) is 0.454. The van der Waals surface area contributed by atoms with Gasteiger partial charge in [-0.05, 0) is 42.7 Å². The van der Waals surface area contributed by atoms with Crippen molar-refractivity contribution in [2.45, 2.75) is 19.4 Å². The van der Waals surface area contributed by atoms with Crippen molar-refractivity contribution in [3.8, 4) is 12.0 Å². The number of rotatable bonds is 6. The fourth-order valence-corrected chi connectivity index (χ4v) is 4.29. The molecule has 1 amide bonds. The molecule has 0 unspecified atom stereocenters. The molecule has 0 aliphatic carbocycles. The van der Waals surface area contributed by atoms with Gasteiger partial charge in [0.1, 0.15) is 23.0 Å². The average Bonchev–Trinajstić information content (AvgIpc) is 3.21. The maximum atomic E-state index is 13.7. The molecule has 2 aromatic heterocycles. The van der Waals surface area contributed by atoms with E-state index in [0.29, 0.717) is 29.3 Å². The standard InChI is InChI=1S/C24H24FN7O2/c1-31-11-5-9-17-21(27-13-14-6-3-7-15(25)12-14)29-23(30-22(17)31)32-18-10-4-8-16(20(26)33)19(18)28-24(32)34-2/h3-4,6-8,10,12H,5,9,11,13H2,1-2H3,(H2,26,33)(H,27,29,30). The number of amides is 1. The molecule has 0 fully saturated rings. The Morgan fingerprint density at radius 1 is 1.21 bits per heavy atom. The molecule has 0 saturated heterocycles. The minimum absolute atomic E-state index is 0.234. The molecule has 0 bridgehead atoms. The van der Waals surface area contributed by atoms with Gasteiger partial charge in [-0.3, -0.25) is 4.79 Å². The number of para-hydroxylation sites is 1. The number of hydrogen-bond donors (Lipinski definition) is 2. The number of anilines is 2. The molecule has 34 heavy (non-hydrogen) atoms. The molecule has 3 heterocycles. The summed E-state index contributed by atoms with van der Waals surface area (Å²) in [7, 11) is 3.48. The Bertz CT molecular complexity index is 1400. The number of nitrogens with one attached hydrogen (secondary N) is 1. The van der Waals surface area contributed by atoms with Gasteiger partial charge in [-0.15, -0.1) is 0 Å². The molecule has 10 heteroatoms. The number of benzene rings is 2. The van der Waals surface area contributed by atoms with Gasteiger partial charge in [0, 0.05) is 25.7 Å². The minimum atomic E-state index is -0.582. The lowest BCUT2D eigenvalue weighted by molar-refractivity contribution is 0.100. The van der Waals surface area contributed by atoms with E-state index in [1.165, 1.54) is 19.2 Å². The maximum Gasteiger partial charge on any atom is 0.304 e. The predicted molar refractivity (Wildman–Crippen MR) is 127 cm³/mol. The average molecular weight is 462 g/mol. The van der Waals surface area contributed by atoms with Crippen LogP contribution in [0, 0.1) is 5.82 Å². The lowest BCUT2D eigenvalue weighted by atomic mass is 10.1. The number of ether oxygens (including phenoxy) is 1. The Hall–Kier alpha value is -4.21. The SMILES string of the molecule is COc1nc2c(C(N)=O)cccc2n1-c1nc(NCc2cccc(F)c2)c2c(n1)N(C)CCC2. The summed E-state index contributed by atoms with van der Waals surface area (Å²) >= 11 is 0. The third kappa shape index (κ3) is 3.76. The molecule has 9 nitrogen and oxygen atoms in total. The van der Waals surface area contributed by atoms with Crippen LogP contribution >= 0.6 is 0 Å². The Balaban J connectivity index is 1.66. The van der Waals surface area contributed by atoms with E-state index in [0.717, 1.165) is 36.3 Å². The van der Waals surface area contributed by atoms with Crippen LogP contribution < -0.4 is 20.7 Å². The van der Waals surface area contributed by atoms with E-state index >= 15 is 0 Å². The number of methoxy groups -OCH3 is 1. The fourth-order valence-electron chi connectivity index (χ4n) is 4.29. The highest BCUT2D eigenvalue weighted by atomic mass is 19.1. The number of primary amides is 1. The monoisotopic (exact) mass is 461 g/mol. The first kappa shape index (κ1) is 21.6. The van der Waals surface area contributed by atoms with Crippen molar-refractivity contribution in [1.29, 1.82) is 0 Å². The van der Waals surface area contributed by atoms with Crippen LogP contribution in [0.2, 0.25) is 0 Å². The second kappa shape index (κ2) is 8.62. The van der Waals surface area contributed by atoms with Crippen LogP contribution in [0.4, 0.5) is 16.0 Å². The maximum absolute atomic E-state index is 13.7. The minimum Gasteiger partial charge on any atom is -0.468 e. The summed E-state index contributed by atoms with van der Waals surface area (Å²) in [6.45, 7) is 1.26. The first-order valence-corrected chi connectivity index (χ1v) is 10.9. The lowest BCUT2D eigenvalue weighted by Gasteiger charge is -2.28. The van der Waals surface area contributed by atoms with Crippen molar-refractivity contribution in [3.63, 3.8) is 0 Å². The molecule has 5 rings (SSSR count). The van der Waals surface area contributed by atoms with Crippen molar-refractivity contribution in [1.82, 2.24) is 19.5 Å². The number of carbonyl (C=O) groups excluding carboxylic acids is 1. The topological polar surface area (TPSA) is 111 Å². The molecule has 174 valence electrons. The van der Waals surface area contributed by atoms with Gasteiger partial charge in [0.15, 0.2) is 0 Å². The summed E-state index contributed by atoms with van der Waals surface area (Å²) in [5, 5.41) is 3.36. The van der Waals surface area contributed by atoms with Crippen LogP contribution in [-0.2, 0) is 13.0 Å². The van der Waals surface area contributed by atoms with Gasteiger partial charge in [-0.2, -0.15) is 15.0 Å². The Morgan fingerprint density at radius 2 is 2.03 bits per heavy atom. The predicted octanol–water partition coefficient (Wildman–Crippen LogP) is 3.06. The molecule has 0 spiro atoms. The van der Waals surface area contributed by atoms with Gasteiger partial charge < -0.3 is 20.7 Å². The normalized spacial score (nSPS) is 13.1. The molecule has 4 aromatic rings. The van der Waals surface area contributed by atoms with E-state index in [2.05, 4.69) is 15.2 Å². The largest absolute Gasteiger partial charge is 0.468 e. The van der Waals surface area contributed by atoms with E-state index in [1.54, 1.807) is 22.8 Å². The number of nitrogens with two attached hydrogens (primary N) is 1. The van der Waals surface area contributed by atoms with Gasteiger partial charge in [-0.1, -0.05) is 18.2 Å². The summed E-state index contributed by atoms with van der Waals surface area (Å²) in [6.07, 6.45) is 1.79. The second-order valence-corrected chi connectivity index (χ2v) is 8.15. The molecule has 0 atom stereocenters. The number of fused-ring (bicyclic) bond motifs is 2. The number of carbonyl (C=O) groups is 1. The van der Waals surface area contributed by atoms with Crippen LogP contribution in [0.15, 0.2) is 42.5 Å². The van der Waals surface area contributed by atoms with E-state index < -0.39 is 5.91 Å². The summed E-state index contributed by atoms with van der Waals surface area (Å²) < 4.78 is 20.9. The van der Waals surface area contributed by atoms with Crippen LogP contribution in [0.25, 0.3) is 17.0 Å². The smallest absolute Gasteiger partial charge is 0.304 e. The van der Waals surface area contributed by atoms with E-state index in [4.69, 9.17) is 20.4 Å². The zero-order valence-electron chi connectivity index (χ0n) is 18.9. The van der Waals surface area contributed by atoms with Crippen LogP contribution in [0.5, 0.6) is 6.01 Å². The van der Waals surface area contributed by atoms with Crippen LogP contribution in [0.1, 0.15) is 27.9 Å². The number of halogens is 1. The molecular weight excluding hydrogens is 437 g/mol. The van der Waals surface area contributed by atoms with Crippen LogP contribution in [0.3, 0.4) is 0 Å². The van der Waals surface area contributed by atoms with Crippen molar-refractivity contribution < 1.29 is 13.9 Å². The third-order valence-corrected chi connectivity index (χ3v) is 5.91. The second-order valence-electron chi connectivity index (χ2n) is 8.15. The van der Waals surface area contributed by atoms with Crippen molar-refractivity contribution in [2.75, 3.05) is 30.9 Å². The van der Waals surface area contributed by atoms with E-state index in [-0.39, 0.29) is 17.4 Å².